The van der Waals surface area contributed by atoms with Gasteiger partial charge in [-0.2, -0.15) is 0 Å². The Morgan fingerprint density at radius 2 is 1.86 bits per heavy atom. The molecule has 0 aromatic heterocycles. The quantitative estimate of drug-likeness (QED) is 0.904. The largest absolute Gasteiger partial charge is 0.326 e. The van der Waals surface area contributed by atoms with Gasteiger partial charge in [0.15, 0.2) is 0 Å². The summed E-state index contributed by atoms with van der Waals surface area (Å²) in [6, 6.07) is 14.2. The Balaban J connectivity index is 2.19. The van der Waals surface area contributed by atoms with Crippen LogP contribution in [0.25, 0.3) is 0 Å². The zero-order valence-corrected chi connectivity index (χ0v) is 13.0. The van der Waals surface area contributed by atoms with E-state index in [1.165, 1.54) is 6.07 Å². The monoisotopic (exact) mass is 306 g/mol. The van der Waals surface area contributed by atoms with Gasteiger partial charge in [0.05, 0.1) is 0 Å². The molecule has 0 heterocycles. The first-order valence-corrected chi connectivity index (χ1v) is 7.31. The highest BCUT2D eigenvalue weighted by atomic mass is 35.5. The summed E-state index contributed by atoms with van der Waals surface area (Å²) in [6.45, 7) is 2.66. The standard InChI is InChI=1S/C17H20ClFN2/c1-12(20)17(14-4-3-5-16(19)10-14)21(2)11-13-6-8-15(18)9-7-13/h3-10,12,17H,11,20H2,1-2H3. The van der Waals surface area contributed by atoms with E-state index in [-0.39, 0.29) is 17.9 Å². The molecule has 2 N–H and O–H groups in total. The van der Waals surface area contributed by atoms with Crippen molar-refractivity contribution in [2.45, 2.75) is 25.6 Å². The van der Waals surface area contributed by atoms with Crippen molar-refractivity contribution in [3.63, 3.8) is 0 Å². The maximum atomic E-state index is 13.5. The van der Waals surface area contributed by atoms with E-state index in [9.17, 15) is 4.39 Å². The van der Waals surface area contributed by atoms with E-state index in [0.717, 1.165) is 22.7 Å². The molecule has 0 saturated heterocycles. The summed E-state index contributed by atoms with van der Waals surface area (Å²) in [6.07, 6.45) is 0. The van der Waals surface area contributed by atoms with Crippen LogP contribution in [-0.4, -0.2) is 18.0 Å². The smallest absolute Gasteiger partial charge is 0.123 e. The number of nitrogens with zero attached hydrogens (tertiary/aromatic N) is 1. The van der Waals surface area contributed by atoms with E-state index in [2.05, 4.69) is 4.90 Å². The van der Waals surface area contributed by atoms with Gasteiger partial charge in [-0.25, -0.2) is 4.39 Å². The molecule has 2 aromatic carbocycles. The molecule has 21 heavy (non-hydrogen) atoms. The molecule has 0 saturated carbocycles. The van der Waals surface area contributed by atoms with E-state index >= 15 is 0 Å². The van der Waals surface area contributed by atoms with Gasteiger partial charge in [0.25, 0.3) is 0 Å². The predicted octanol–water partition coefficient (Wildman–Crippen LogP) is 4.00. The fourth-order valence-corrected chi connectivity index (χ4v) is 2.75. The first-order chi connectivity index (χ1) is 9.97. The molecule has 0 amide bonds. The summed E-state index contributed by atoms with van der Waals surface area (Å²) < 4.78 is 13.5. The van der Waals surface area contributed by atoms with E-state index in [4.69, 9.17) is 17.3 Å². The topological polar surface area (TPSA) is 29.3 Å². The van der Waals surface area contributed by atoms with E-state index in [0.29, 0.717) is 0 Å². The SMILES string of the molecule is CC(N)C(c1cccc(F)c1)N(C)Cc1ccc(Cl)cc1. The van der Waals surface area contributed by atoms with Crippen molar-refractivity contribution in [3.8, 4) is 0 Å². The summed E-state index contributed by atoms with van der Waals surface area (Å²) in [5.41, 5.74) is 8.15. The molecule has 2 unspecified atom stereocenters. The van der Waals surface area contributed by atoms with Gasteiger partial charge >= 0.3 is 0 Å². The van der Waals surface area contributed by atoms with Gasteiger partial charge in [0.1, 0.15) is 5.82 Å². The van der Waals surface area contributed by atoms with E-state index in [1.54, 1.807) is 12.1 Å². The van der Waals surface area contributed by atoms with Gasteiger partial charge in [-0.3, -0.25) is 4.90 Å². The summed E-state index contributed by atoms with van der Waals surface area (Å²) in [5.74, 6) is -0.238. The number of hydrogen-bond acceptors (Lipinski definition) is 2. The number of halogens is 2. The minimum Gasteiger partial charge on any atom is -0.326 e. The lowest BCUT2D eigenvalue weighted by atomic mass is 9.99. The van der Waals surface area contributed by atoms with Crippen LogP contribution in [0.1, 0.15) is 24.1 Å². The van der Waals surface area contributed by atoms with E-state index < -0.39 is 0 Å². The number of nitrogens with two attached hydrogens (primary N) is 1. The summed E-state index contributed by atoms with van der Waals surface area (Å²) >= 11 is 5.90. The van der Waals surface area contributed by atoms with Crippen molar-refractivity contribution in [2.75, 3.05) is 7.05 Å². The summed E-state index contributed by atoms with van der Waals surface area (Å²) in [4.78, 5) is 2.13. The third-order valence-electron chi connectivity index (χ3n) is 3.51. The van der Waals surface area contributed by atoms with Crippen molar-refractivity contribution in [3.05, 3.63) is 70.5 Å². The van der Waals surface area contributed by atoms with Crippen LogP contribution < -0.4 is 5.73 Å². The molecule has 0 aliphatic heterocycles. The Bertz CT molecular complexity index is 584. The zero-order chi connectivity index (χ0) is 15.4. The Labute approximate surface area is 130 Å². The molecule has 0 aliphatic rings. The fourth-order valence-electron chi connectivity index (χ4n) is 2.63. The normalized spacial score (nSPS) is 14.2. The van der Waals surface area contributed by atoms with Crippen LogP contribution in [0.3, 0.4) is 0 Å². The summed E-state index contributed by atoms with van der Waals surface area (Å²) in [5, 5.41) is 0.718. The lowest BCUT2D eigenvalue weighted by Gasteiger charge is -2.31. The molecule has 2 aromatic rings. The highest BCUT2D eigenvalue weighted by Crippen LogP contribution is 2.25. The predicted molar refractivity (Wildman–Crippen MR) is 85.7 cm³/mol. The van der Waals surface area contributed by atoms with Crippen molar-refractivity contribution in [1.82, 2.24) is 4.90 Å². The molecule has 4 heteroatoms. The van der Waals surface area contributed by atoms with Gasteiger partial charge in [-0.15, -0.1) is 0 Å². The molecule has 2 rings (SSSR count). The Morgan fingerprint density at radius 1 is 1.19 bits per heavy atom. The molecular weight excluding hydrogens is 287 g/mol. The van der Waals surface area contributed by atoms with Gasteiger partial charge < -0.3 is 5.73 Å². The molecule has 0 bridgehead atoms. The maximum absolute atomic E-state index is 13.5. The van der Waals surface area contributed by atoms with Crippen LogP contribution in [0.5, 0.6) is 0 Å². The molecule has 0 aliphatic carbocycles. The third-order valence-corrected chi connectivity index (χ3v) is 3.76. The molecule has 112 valence electrons. The lowest BCUT2D eigenvalue weighted by Crippen LogP contribution is -2.37. The van der Waals surface area contributed by atoms with Gasteiger partial charge in [0, 0.05) is 23.7 Å². The second-order valence-electron chi connectivity index (χ2n) is 5.40. The third kappa shape index (κ3) is 4.27. The summed E-state index contributed by atoms with van der Waals surface area (Å²) in [7, 11) is 1.99. The van der Waals surface area contributed by atoms with Gasteiger partial charge in [-0.05, 0) is 49.4 Å². The number of likely N-dealkylation sites (N-methyl/N-ethyl adjacent to an activating group) is 1. The van der Waals surface area contributed by atoms with E-state index in [1.807, 2.05) is 44.3 Å². The minimum atomic E-state index is -0.238. The first-order valence-electron chi connectivity index (χ1n) is 6.93. The number of hydrogen-bond donors (Lipinski definition) is 1. The van der Waals surface area contributed by atoms with Crippen molar-refractivity contribution in [2.24, 2.45) is 5.73 Å². The van der Waals surface area contributed by atoms with Crippen LogP contribution >= 0.6 is 11.6 Å². The van der Waals surface area contributed by atoms with Gasteiger partial charge in [-0.1, -0.05) is 35.9 Å². The Hall–Kier alpha value is -1.42. The molecule has 0 fully saturated rings. The Kier molecular flexibility index (Phi) is 5.34. The lowest BCUT2D eigenvalue weighted by molar-refractivity contribution is 0.210. The number of benzene rings is 2. The fraction of sp³-hybridized carbons (Fsp3) is 0.294. The van der Waals surface area contributed by atoms with Crippen LogP contribution in [0.4, 0.5) is 4.39 Å². The molecule has 0 spiro atoms. The zero-order valence-electron chi connectivity index (χ0n) is 12.3. The van der Waals surface area contributed by atoms with Crippen molar-refractivity contribution >= 4 is 11.6 Å². The van der Waals surface area contributed by atoms with Crippen LogP contribution in [0, 0.1) is 5.82 Å². The van der Waals surface area contributed by atoms with Crippen molar-refractivity contribution in [1.29, 1.82) is 0 Å². The second kappa shape index (κ2) is 7.03. The second-order valence-corrected chi connectivity index (χ2v) is 5.84. The van der Waals surface area contributed by atoms with Crippen LogP contribution in [0.15, 0.2) is 48.5 Å². The van der Waals surface area contributed by atoms with Gasteiger partial charge in [0.2, 0.25) is 0 Å². The minimum absolute atomic E-state index is 0.0450. The van der Waals surface area contributed by atoms with Crippen LogP contribution in [-0.2, 0) is 6.54 Å². The first kappa shape index (κ1) is 16.0. The average molecular weight is 307 g/mol. The highest BCUT2D eigenvalue weighted by Gasteiger charge is 2.21. The maximum Gasteiger partial charge on any atom is 0.123 e. The molecule has 2 atom stereocenters. The highest BCUT2D eigenvalue weighted by molar-refractivity contribution is 6.30. The van der Waals surface area contributed by atoms with Crippen molar-refractivity contribution < 1.29 is 4.39 Å². The molecule has 0 radical (unpaired) electrons. The van der Waals surface area contributed by atoms with Crippen LogP contribution in [0.2, 0.25) is 5.02 Å². The molecular formula is C17H20ClFN2. The number of rotatable bonds is 5. The Morgan fingerprint density at radius 3 is 2.43 bits per heavy atom. The molecule has 2 nitrogen and oxygen atoms in total. The average Bonchev–Trinajstić information content (AvgIpc) is 2.41.